The minimum absolute atomic E-state index is 0.250. The zero-order chi connectivity index (χ0) is 17.9. The van der Waals surface area contributed by atoms with Crippen LogP contribution in [0.5, 0.6) is 5.75 Å². The largest absolute Gasteiger partial charge is 0.494 e. The molecule has 4 rings (SSSR count). The average Bonchev–Trinajstić information content (AvgIpc) is 3.42. The lowest BCUT2D eigenvalue weighted by atomic mass is 10.0. The molecular formula is C20H18N2O4. The first kappa shape index (κ1) is 16.2. The number of carbonyl (C=O) groups is 1. The van der Waals surface area contributed by atoms with Gasteiger partial charge in [-0.3, -0.25) is 4.79 Å². The molecule has 0 radical (unpaired) electrons. The molecule has 1 atom stereocenters. The van der Waals surface area contributed by atoms with Crippen LogP contribution in [0.2, 0.25) is 0 Å². The number of hydrogen-bond acceptors (Lipinski definition) is 5. The van der Waals surface area contributed by atoms with Gasteiger partial charge < -0.3 is 13.6 Å². The summed E-state index contributed by atoms with van der Waals surface area (Å²) in [6.07, 6.45) is 3.63. The van der Waals surface area contributed by atoms with Crippen LogP contribution in [-0.4, -0.2) is 23.2 Å². The van der Waals surface area contributed by atoms with Gasteiger partial charge in [0, 0.05) is 6.42 Å². The van der Waals surface area contributed by atoms with Gasteiger partial charge in [-0.1, -0.05) is 12.1 Å². The fourth-order valence-electron chi connectivity index (χ4n) is 3.04. The molecule has 2 aromatic heterocycles. The van der Waals surface area contributed by atoms with Crippen molar-refractivity contribution in [3.05, 3.63) is 78.1 Å². The van der Waals surface area contributed by atoms with Gasteiger partial charge in [-0.05, 0) is 48.9 Å². The standard InChI is InChI=1S/C20H18N2O4/c1-2-24-15-7-3-6-14(12-15)17-13-16(18-8-4-10-25-18)21-22(17)20(23)19-9-5-11-26-19/h3-12,17H,2,13H2,1H3/t17-/m0/s1. The maximum atomic E-state index is 12.9. The van der Waals surface area contributed by atoms with E-state index in [4.69, 9.17) is 13.6 Å². The van der Waals surface area contributed by atoms with Crippen LogP contribution in [0.3, 0.4) is 0 Å². The van der Waals surface area contributed by atoms with Crippen molar-refractivity contribution in [1.82, 2.24) is 5.01 Å². The molecule has 132 valence electrons. The van der Waals surface area contributed by atoms with E-state index in [-0.39, 0.29) is 17.7 Å². The number of benzene rings is 1. The second-order valence-electron chi connectivity index (χ2n) is 5.88. The monoisotopic (exact) mass is 350 g/mol. The van der Waals surface area contributed by atoms with Gasteiger partial charge in [0.1, 0.15) is 17.2 Å². The predicted octanol–water partition coefficient (Wildman–Crippen LogP) is 4.26. The fourth-order valence-corrected chi connectivity index (χ4v) is 3.04. The third-order valence-electron chi connectivity index (χ3n) is 4.21. The lowest BCUT2D eigenvalue weighted by Gasteiger charge is -2.21. The number of nitrogens with zero attached hydrogens (tertiary/aromatic N) is 2. The van der Waals surface area contributed by atoms with E-state index in [9.17, 15) is 4.79 Å². The van der Waals surface area contributed by atoms with E-state index in [0.717, 1.165) is 17.0 Å². The molecule has 0 spiro atoms. The molecule has 1 aliphatic rings. The highest BCUT2D eigenvalue weighted by atomic mass is 16.5. The molecule has 6 heteroatoms. The predicted molar refractivity (Wildman–Crippen MR) is 95.1 cm³/mol. The molecule has 0 saturated carbocycles. The van der Waals surface area contributed by atoms with Crippen LogP contribution in [-0.2, 0) is 0 Å². The summed E-state index contributed by atoms with van der Waals surface area (Å²) in [5.74, 6) is 1.39. The van der Waals surface area contributed by atoms with Gasteiger partial charge in [0.05, 0.1) is 25.2 Å². The lowest BCUT2D eigenvalue weighted by Crippen LogP contribution is -2.26. The van der Waals surface area contributed by atoms with Gasteiger partial charge in [0.2, 0.25) is 0 Å². The maximum absolute atomic E-state index is 12.9. The Morgan fingerprint density at radius 2 is 2.04 bits per heavy atom. The van der Waals surface area contributed by atoms with E-state index in [1.807, 2.05) is 37.3 Å². The minimum atomic E-state index is -0.289. The summed E-state index contributed by atoms with van der Waals surface area (Å²) >= 11 is 0. The highest BCUT2D eigenvalue weighted by molar-refractivity contribution is 6.02. The zero-order valence-corrected chi connectivity index (χ0v) is 14.3. The van der Waals surface area contributed by atoms with Crippen molar-refractivity contribution in [2.24, 2.45) is 5.10 Å². The third kappa shape index (κ3) is 3.01. The maximum Gasteiger partial charge on any atom is 0.310 e. The van der Waals surface area contributed by atoms with Gasteiger partial charge in [-0.15, -0.1) is 0 Å². The quantitative estimate of drug-likeness (QED) is 0.689. The first-order valence-corrected chi connectivity index (χ1v) is 8.47. The van der Waals surface area contributed by atoms with E-state index >= 15 is 0 Å². The average molecular weight is 350 g/mol. The number of hydrazone groups is 1. The first-order valence-electron chi connectivity index (χ1n) is 8.47. The van der Waals surface area contributed by atoms with Crippen LogP contribution >= 0.6 is 0 Å². The third-order valence-corrected chi connectivity index (χ3v) is 4.21. The molecule has 1 amide bonds. The molecule has 0 N–H and O–H groups in total. The Morgan fingerprint density at radius 3 is 2.77 bits per heavy atom. The van der Waals surface area contributed by atoms with Gasteiger partial charge in [0.25, 0.3) is 0 Å². The summed E-state index contributed by atoms with van der Waals surface area (Å²) < 4.78 is 16.3. The summed E-state index contributed by atoms with van der Waals surface area (Å²) in [5.41, 5.74) is 1.67. The molecule has 0 fully saturated rings. The highest BCUT2D eigenvalue weighted by Gasteiger charge is 2.35. The molecule has 1 aliphatic heterocycles. The van der Waals surface area contributed by atoms with Crippen LogP contribution in [0.4, 0.5) is 0 Å². The highest BCUT2D eigenvalue weighted by Crippen LogP contribution is 2.35. The molecule has 26 heavy (non-hydrogen) atoms. The molecule has 0 aliphatic carbocycles. The van der Waals surface area contributed by atoms with Gasteiger partial charge in [-0.2, -0.15) is 5.10 Å². The van der Waals surface area contributed by atoms with E-state index in [1.54, 1.807) is 24.5 Å². The molecule has 0 bridgehead atoms. The Kier molecular flexibility index (Phi) is 4.31. The Bertz CT molecular complexity index is 913. The van der Waals surface area contributed by atoms with E-state index in [2.05, 4.69) is 5.10 Å². The Balaban J connectivity index is 1.70. The zero-order valence-electron chi connectivity index (χ0n) is 14.3. The van der Waals surface area contributed by atoms with E-state index in [1.165, 1.54) is 11.3 Å². The molecule has 0 saturated heterocycles. The Morgan fingerprint density at radius 1 is 1.19 bits per heavy atom. The van der Waals surface area contributed by atoms with Crippen LogP contribution in [0.15, 0.2) is 75.0 Å². The lowest BCUT2D eigenvalue weighted by molar-refractivity contribution is 0.0678. The van der Waals surface area contributed by atoms with Crippen molar-refractivity contribution in [1.29, 1.82) is 0 Å². The number of amides is 1. The smallest absolute Gasteiger partial charge is 0.310 e. The number of rotatable bonds is 5. The van der Waals surface area contributed by atoms with Crippen molar-refractivity contribution in [2.45, 2.75) is 19.4 Å². The summed E-state index contributed by atoms with van der Waals surface area (Å²) in [4.78, 5) is 12.9. The topological polar surface area (TPSA) is 68.2 Å². The van der Waals surface area contributed by atoms with E-state index < -0.39 is 0 Å². The Labute approximate surface area is 150 Å². The number of carbonyl (C=O) groups excluding carboxylic acids is 1. The first-order chi connectivity index (χ1) is 12.8. The van der Waals surface area contributed by atoms with Crippen molar-refractivity contribution >= 4 is 11.6 Å². The van der Waals surface area contributed by atoms with E-state index in [0.29, 0.717) is 18.8 Å². The molecule has 6 nitrogen and oxygen atoms in total. The number of furan rings is 2. The van der Waals surface area contributed by atoms with Crippen LogP contribution < -0.4 is 4.74 Å². The second kappa shape index (κ2) is 6.92. The molecule has 1 aromatic carbocycles. The van der Waals surface area contributed by atoms with Crippen molar-refractivity contribution in [2.75, 3.05) is 6.61 Å². The SMILES string of the molecule is CCOc1cccc([C@@H]2CC(c3ccco3)=NN2C(=O)c2ccco2)c1. The summed E-state index contributed by atoms with van der Waals surface area (Å²) in [6, 6.07) is 14.4. The van der Waals surface area contributed by atoms with Gasteiger partial charge in [0.15, 0.2) is 5.76 Å². The van der Waals surface area contributed by atoms with Gasteiger partial charge >= 0.3 is 5.91 Å². The van der Waals surface area contributed by atoms with Crippen molar-refractivity contribution in [3.63, 3.8) is 0 Å². The molecule has 0 unspecified atom stereocenters. The fraction of sp³-hybridized carbons (Fsp3) is 0.200. The van der Waals surface area contributed by atoms with Crippen LogP contribution in [0, 0.1) is 0 Å². The van der Waals surface area contributed by atoms with Crippen molar-refractivity contribution in [3.8, 4) is 5.75 Å². The van der Waals surface area contributed by atoms with Crippen LogP contribution in [0.25, 0.3) is 0 Å². The number of hydrogen-bond donors (Lipinski definition) is 0. The normalized spacial score (nSPS) is 16.6. The summed E-state index contributed by atoms with van der Waals surface area (Å²) in [6.45, 7) is 2.52. The second-order valence-corrected chi connectivity index (χ2v) is 5.88. The van der Waals surface area contributed by atoms with Gasteiger partial charge in [-0.25, -0.2) is 5.01 Å². The summed E-state index contributed by atoms with van der Waals surface area (Å²) in [5, 5.41) is 5.99. The minimum Gasteiger partial charge on any atom is -0.494 e. The van der Waals surface area contributed by atoms with Crippen molar-refractivity contribution < 1.29 is 18.4 Å². The molecule has 3 heterocycles. The summed E-state index contributed by atoms with van der Waals surface area (Å²) in [7, 11) is 0. The number of ether oxygens (including phenoxy) is 1. The molecular weight excluding hydrogens is 332 g/mol. The Hall–Kier alpha value is -3.28. The van der Waals surface area contributed by atoms with Crippen LogP contribution in [0.1, 0.15) is 41.3 Å². The molecule has 3 aromatic rings.